The van der Waals surface area contributed by atoms with Gasteiger partial charge in [0.25, 0.3) is 0 Å². The van der Waals surface area contributed by atoms with E-state index < -0.39 is 5.97 Å². The topological polar surface area (TPSA) is 109 Å². The van der Waals surface area contributed by atoms with Gasteiger partial charge >= 0.3 is 5.97 Å². The van der Waals surface area contributed by atoms with Gasteiger partial charge in [0.05, 0.1) is 36.5 Å². The molecular formula is C68H76N6O4. The third-order valence-corrected chi connectivity index (χ3v) is 14.1. The highest BCUT2D eigenvalue weighted by molar-refractivity contribution is 5.92. The number of phenolic OH excluding ortho intramolecular Hbond substituents is 1. The minimum Gasteiger partial charge on any atom is -0.507 e. The van der Waals surface area contributed by atoms with E-state index in [1.165, 1.54) is 23.9 Å². The van der Waals surface area contributed by atoms with Gasteiger partial charge in [-0.1, -0.05) is 222 Å². The number of rotatable bonds is 25. The summed E-state index contributed by atoms with van der Waals surface area (Å²) in [7, 11) is 1.32. The lowest BCUT2D eigenvalue weighted by atomic mass is 10.1. The summed E-state index contributed by atoms with van der Waals surface area (Å²) >= 11 is 0. The van der Waals surface area contributed by atoms with E-state index in [0.717, 1.165) is 133 Å². The van der Waals surface area contributed by atoms with Crippen LogP contribution in [0.3, 0.4) is 0 Å². The van der Waals surface area contributed by atoms with Crippen molar-refractivity contribution in [2.24, 2.45) is 0 Å². The average Bonchev–Trinajstić information content (AvgIpc) is 4.05. The van der Waals surface area contributed by atoms with E-state index in [-0.39, 0.29) is 17.9 Å². The Labute approximate surface area is 462 Å². The molecule has 0 fully saturated rings. The molecular weight excluding hydrogens is 965 g/mol. The first-order chi connectivity index (χ1) is 38.3. The smallest absolute Gasteiger partial charge is 0.341 e. The quantitative estimate of drug-likeness (QED) is 0.0545. The Hall–Kier alpha value is -7.89. The van der Waals surface area contributed by atoms with Crippen molar-refractivity contribution in [3.63, 3.8) is 0 Å². The van der Waals surface area contributed by atoms with Crippen LogP contribution in [0.1, 0.15) is 103 Å². The van der Waals surface area contributed by atoms with Crippen molar-refractivity contribution in [2.75, 3.05) is 13.7 Å². The number of phenols is 1. The largest absolute Gasteiger partial charge is 0.507 e. The molecule has 7 aromatic carbocycles. The van der Waals surface area contributed by atoms with E-state index in [0.29, 0.717) is 19.6 Å². The fraction of sp³-hybridized carbons (Fsp3) is 0.279. The molecule has 0 radical (unpaired) electrons. The number of aromatic nitrogens is 4. The molecule has 0 atom stereocenters. The van der Waals surface area contributed by atoms with Crippen LogP contribution in [-0.2, 0) is 57.2 Å². The van der Waals surface area contributed by atoms with Crippen molar-refractivity contribution in [1.29, 1.82) is 0 Å². The van der Waals surface area contributed by atoms with Crippen LogP contribution in [0.5, 0.6) is 5.75 Å². The number of nitrogens with zero attached hydrogens (tertiary/aromatic N) is 6. The molecule has 0 unspecified atom stereocenters. The van der Waals surface area contributed by atoms with Crippen molar-refractivity contribution in [1.82, 2.24) is 28.9 Å². The minimum atomic E-state index is -0.555. The fourth-order valence-electron chi connectivity index (χ4n) is 10.0. The van der Waals surface area contributed by atoms with E-state index in [4.69, 9.17) is 14.7 Å². The van der Waals surface area contributed by atoms with Gasteiger partial charge in [-0.3, -0.25) is 9.80 Å². The van der Waals surface area contributed by atoms with Crippen LogP contribution in [0.15, 0.2) is 194 Å². The lowest BCUT2D eigenvalue weighted by Gasteiger charge is -2.25. The Kier molecular flexibility index (Phi) is 21.0. The van der Waals surface area contributed by atoms with Crippen molar-refractivity contribution in [2.45, 2.75) is 112 Å². The number of aromatic hydroxyl groups is 1. The number of imidazole rings is 2. The molecule has 10 nitrogen and oxygen atoms in total. The maximum atomic E-state index is 12.3. The average molecular weight is 1040 g/mol. The molecule has 10 heteroatoms. The highest BCUT2D eigenvalue weighted by Crippen LogP contribution is 2.34. The Bertz CT molecular complexity index is 3230. The SMILES string of the molecule is CCCCN(Cc1cccc(CO)c1)Cc1c(-c2ccccc2)nc(-c2ccccc2)n1CCCC.CCCCn1c(-c2ccccc2)nc(-c2ccccc2)c1CN(Cc1ccccc1)Cc1ccc(O)c(C(=O)OC)c1. The zero-order chi connectivity index (χ0) is 54.5. The summed E-state index contributed by atoms with van der Waals surface area (Å²) in [4.78, 5) is 27.8. The molecule has 2 N–H and O–H groups in total. The fourth-order valence-corrected chi connectivity index (χ4v) is 10.0. The van der Waals surface area contributed by atoms with E-state index >= 15 is 0 Å². The summed E-state index contributed by atoms with van der Waals surface area (Å²) in [6.45, 7) is 13.2. The molecule has 78 heavy (non-hydrogen) atoms. The van der Waals surface area contributed by atoms with Crippen LogP contribution in [0.4, 0.5) is 0 Å². The van der Waals surface area contributed by atoms with Crippen molar-refractivity contribution in [3.05, 3.63) is 233 Å². The lowest BCUT2D eigenvalue weighted by Crippen LogP contribution is -2.26. The number of hydrogen-bond acceptors (Lipinski definition) is 8. The van der Waals surface area contributed by atoms with E-state index in [1.807, 2.05) is 36.4 Å². The second-order valence-corrected chi connectivity index (χ2v) is 20.0. The van der Waals surface area contributed by atoms with Crippen LogP contribution >= 0.6 is 0 Å². The number of benzene rings is 7. The molecule has 0 aliphatic heterocycles. The first kappa shape index (κ1) is 56.3. The summed E-state index contributed by atoms with van der Waals surface area (Å²) in [6, 6.07) is 65.8. The second kappa shape index (κ2) is 29.0. The number of aliphatic hydroxyl groups excluding tert-OH is 1. The molecule has 9 aromatic rings. The van der Waals surface area contributed by atoms with Gasteiger partial charge in [0.2, 0.25) is 0 Å². The molecule has 0 spiro atoms. The Balaban J connectivity index is 0.000000208. The summed E-state index contributed by atoms with van der Waals surface area (Å²) in [5.41, 5.74) is 13.4. The zero-order valence-corrected chi connectivity index (χ0v) is 46.0. The molecule has 0 bridgehead atoms. The number of hydrogen-bond donors (Lipinski definition) is 2. The molecule has 2 heterocycles. The monoisotopic (exact) mass is 1040 g/mol. The number of carbonyl (C=O) groups is 1. The number of unbranched alkanes of at least 4 members (excludes halogenated alkanes) is 3. The van der Waals surface area contributed by atoms with Crippen LogP contribution in [0.25, 0.3) is 45.3 Å². The minimum absolute atomic E-state index is 0.0746. The summed E-state index contributed by atoms with van der Waals surface area (Å²) in [5, 5.41) is 19.9. The van der Waals surface area contributed by atoms with Gasteiger partial charge < -0.3 is 24.1 Å². The third kappa shape index (κ3) is 15.0. The second-order valence-electron chi connectivity index (χ2n) is 20.0. The van der Waals surface area contributed by atoms with Gasteiger partial charge in [-0.15, -0.1) is 0 Å². The maximum absolute atomic E-state index is 12.3. The Morgan fingerprint density at radius 1 is 0.474 bits per heavy atom. The Morgan fingerprint density at radius 3 is 1.38 bits per heavy atom. The number of aliphatic hydroxyl groups is 1. The van der Waals surface area contributed by atoms with Gasteiger partial charge in [0.1, 0.15) is 23.0 Å². The number of esters is 1. The first-order valence-corrected chi connectivity index (χ1v) is 27.8. The normalized spacial score (nSPS) is 11.2. The van der Waals surface area contributed by atoms with Gasteiger partial charge in [-0.05, 0) is 60.2 Å². The molecule has 2 aromatic heterocycles. The number of carbonyl (C=O) groups excluding carboxylic acids is 1. The van der Waals surface area contributed by atoms with E-state index in [1.54, 1.807) is 12.1 Å². The van der Waals surface area contributed by atoms with Crippen LogP contribution in [-0.4, -0.2) is 58.7 Å². The highest BCUT2D eigenvalue weighted by Gasteiger charge is 2.25. The molecule has 0 aliphatic rings. The van der Waals surface area contributed by atoms with Gasteiger partial charge in [-0.25, -0.2) is 14.8 Å². The molecule has 9 rings (SSSR count). The predicted octanol–water partition coefficient (Wildman–Crippen LogP) is 15.0. The van der Waals surface area contributed by atoms with Gasteiger partial charge in [-0.2, -0.15) is 0 Å². The first-order valence-electron chi connectivity index (χ1n) is 27.8. The molecule has 0 saturated carbocycles. The van der Waals surface area contributed by atoms with Crippen LogP contribution in [0.2, 0.25) is 0 Å². The maximum Gasteiger partial charge on any atom is 0.341 e. The molecule has 0 saturated heterocycles. The van der Waals surface area contributed by atoms with Crippen molar-refractivity contribution < 1.29 is 19.7 Å². The summed E-state index contributed by atoms with van der Waals surface area (Å²) in [6.07, 6.45) is 6.67. The Morgan fingerprint density at radius 2 is 0.897 bits per heavy atom. The number of ether oxygens (including phenoxy) is 1. The predicted molar refractivity (Wildman–Crippen MR) is 316 cm³/mol. The summed E-state index contributed by atoms with van der Waals surface area (Å²) < 4.78 is 9.75. The van der Waals surface area contributed by atoms with Crippen LogP contribution < -0.4 is 0 Å². The third-order valence-electron chi connectivity index (χ3n) is 14.1. The van der Waals surface area contributed by atoms with Gasteiger partial charge in [0, 0.05) is 68.1 Å². The van der Waals surface area contributed by atoms with Crippen molar-refractivity contribution >= 4 is 5.97 Å². The summed E-state index contributed by atoms with van der Waals surface area (Å²) in [5.74, 6) is 1.38. The molecule has 0 amide bonds. The lowest BCUT2D eigenvalue weighted by molar-refractivity contribution is 0.0597. The molecule has 0 aliphatic carbocycles. The standard InChI is InChI=1S/C36H37N3O3.C32H39N3O/c1-3-4-22-39-32(34(29-16-10-6-11-17-29)37-35(39)30-18-12-7-13-19-30)26-38(24-27-14-8-5-9-15-27)25-28-20-21-33(40)31(23-28)36(41)42-2;1-3-5-20-34(23-26-14-13-15-27(22-26)25-36)24-30-31(28-16-9-7-10-17-28)33-32(35(30)21-6-4-2)29-18-11-8-12-19-29/h5-21,23,40H,3-4,22,24-26H2,1-2H3;7-19,22,36H,3-6,20-21,23-25H2,1-2H3. The zero-order valence-electron chi connectivity index (χ0n) is 46.0. The van der Waals surface area contributed by atoms with E-state index in [9.17, 15) is 15.0 Å². The van der Waals surface area contributed by atoms with E-state index in [2.05, 4.69) is 185 Å². The van der Waals surface area contributed by atoms with Crippen molar-refractivity contribution in [3.8, 4) is 51.0 Å². The number of methoxy groups -OCH3 is 1. The van der Waals surface area contributed by atoms with Crippen LogP contribution in [0, 0.1) is 0 Å². The highest BCUT2D eigenvalue weighted by atomic mass is 16.5. The van der Waals surface area contributed by atoms with Gasteiger partial charge in [0.15, 0.2) is 0 Å². The molecule has 402 valence electrons.